The fourth-order valence-electron chi connectivity index (χ4n) is 3.14. The monoisotopic (exact) mass is 457 g/mol. The Kier molecular flexibility index (Phi) is 11.2. The Labute approximate surface area is 193 Å². The van der Waals surface area contributed by atoms with E-state index in [1.54, 1.807) is 18.3 Å². The number of hydrogen-bond donors (Lipinski definition) is 2. The number of rotatable bonds is 13. The second kappa shape index (κ2) is 14.4. The summed E-state index contributed by atoms with van der Waals surface area (Å²) in [5.74, 6) is -0.383. The predicted molar refractivity (Wildman–Crippen MR) is 122 cm³/mol. The van der Waals surface area contributed by atoms with Crippen LogP contribution in [0.5, 0.6) is 5.88 Å². The third-order valence-electron chi connectivity index (χ3n) is 4.85. The van der Waals surface area contributed by atoms with Gasteiger partial charge in [-0.15, -0.1) is 0 Å². The maximum Gasteiger partial charge on any atom is 0.407 e. The number of methoxy groups -OCH3 is 2. The van der Waals surface area contributed by atoms with Crippen molar-refractivity contribution in [3.05, 3.63) is 59.8 Å². The van der Waals surface area contributed by atoms with Crippen molar-refractivity contribution in [2.24, 2.45) is 0 Å². The molecule has 1 atom stereocenters. The van der Waals surface area contributed by atoms with Crippen LogP contribution in [0.4, 0.5) is 4.79 Å². The van der Waals surface area contributed by atoms with Gasteiger partial charge < -0.3 is 24.8 Å². The normalized spacial score (nSPS) is 11.2. The topological polar surface area (TPSA) is 116 Å². The number of amides is 2. The lowest BCUT2D eigenvalue weighted by Gasteiger charge is -2.17. The summed E-state index contributed by atoms with van der Waals surface area (Å²) in [5, 5.41) is 5.42. The zero-order valence-electron chi connectivity index (χ0n) is 19.0. The van der Waals surface area contributed by atoms with Gasteiger partial charge in [-0.1, -0.05) is 42.8 Å². The molecule has 178 valence electrons. The SMILES string of the molecule is COC(=O)[C@@H](Cc1cccnc1OC)NC(=O)CCCCCNC(=O)OCc1ccccc1. The van der Waals surface area contributed by atoms with E-state index in [9.17, 15) is 14.4 Å². The van der Waals surface area contributed by atoms with E-state index in [2.05, 4.69) is 15.6 Å². The summed E-state index contributed by atoms with van der Waals surface area (Å²) in [6.07, 6.45) is 3.67. The first-order valence-corrected chi connectivity index (χ1v) is 10.8. The van der Waals surface area contributed by atoms with Crippen LogP contribution in [0.2, 0.25) is 0 Å². The van der Waals surface area contributed by atoms with E-state index in [0.29, 0.717) is 30.8 Å². The highest BCUT2D eigenvalue weighted by molar-refractivity contribution is 5.84. The molecule has 0 aliphatic carbocycles. The summed E-state index contributed by atoms with van der Waals surface area (Å²) in [6, 6.07) is 12.1. The molecule has 1 heterocycles. The molecule has 1 aromatic carbocycles. The molecule has 0 fully saturated rings. The molecule has 2 rings (SSSR count). The Balaban J connectivity index is 1.65. The third kappa shape index (κ3) is 9.59. The first kappa shape index (κ1) is 25.6. The summed E-state index contributed by atoms with van der Waals surface area (Å²) in [4.78, 5) is 40.3. The molecule has 0 saturated heterocycles. The van der Waals surface area contributed by atoms with Crippen molar-refractivity contribution in [3.8, 4) is 5.88 Å². The van der Waals surface area contributed by atoms with Crippen molar-refractivity contribution < 1.29 is 28.6 Å². The Morgan fingerprint density at radius 2 is 1.79 bits per heavy atom. The number of pyridine rings is 1. The van der Waals surface area contributed by atoms with Gasteiger partial charge in [0.15, 0.2) is 0 Å². The first-order chi connectivity index (χ1) is 16.0. The quantitative estimate of drug-likeness (QED) is 0.351. The number of nitrogens with one attached hydrogen (secondary N) is 2. The number of aromatic nitrogens is 1. The van der Waals surface area contributed by atoms with Gasteiger partial charge in [-0.3, -0.25) is 4.79 Å². The van der Waals surface area contributed by atoms with Crippen LogP contribution in [0, 0.1) is 0 Å². The van der Waals surface area contributed by atoms with Crippen LogP contribution in [-0.4, -0.2) is 49.8 Å². The van der Waals surface area contributed by atoms with E-state index >= 15 is 0 Å². The zero-order valence-corrected chi connectivity index (χ0v) is 19.0. The molecule has 9 nitrogen and oxygen atoms in total. The first-order valence-electron chi connectivity index (χ1n) is 10.8. The van der Waals surface area contributed by atoms with E-state index in [1.165, 1.54) is 14.2 Å². The number of ether oxygens (including phenoxy) is 3. The van der Waals surface area contributed by atoms with E-state index in [-0.39, 0.29) is 25.4 Å². The van der Waals surface area contributed by atoms with Gasteiger partial charge in [0.1, 0.15) is 12.6 Å². The summed E-state index contributed by atoms with van der Waals surface area (Å²) in [5.41, 5.74) is 1.62. The van der Waals surface area contributed by atoms with Crippen LogP contribution in [0.15, 0.2) is 48.7 Å². The molecule has 9 heteroatoms. The van der Waals surface area contributed by atoms with Crippen molar-refractivity contribution in [3.63, 3.8) is 0 Å². The predicted octanol–water partition coefficient (Wildman–Crippen LogP) is 2.78. The molecular formula is C24H31N3O6. The molecule has 0 radical (unpaired) electrons. The van der Waals surface area contributed by atoms with Gasteiger partial charge in [0.25, 0.3) is 0 Å². The van der Waals surface area contributed by atoms with Crippen LogP contribution >= 0.6 is 0 Å². The van der Waals surface area contributed by atoms with Crippen molar-refractivity contribution in [2.75, 3.05) is 20.8 Å². The van der Waals surface area contributed by atoms with Crippen molar-refractivity contribution in [2.45, 2.75) is 44.8 Å². The highest BCUT2D eigenvalue weighted by atomic mass is 16.5. The van der Waals surface area contributed by atoms with E-state index in [4.69, 9.17) is 14.2 Å². The minimum atomic E-state index is -0.832. The molecule has 1 aromatic heterocycles. The summed E-state index contributed by atoms with van der Waals surface area (Å²) < 4.78 is 15.2. The molecule has 33 heavy (non-hydrogen) atoms. The summed E-state index contributed by atoms with van der Waals surface area (Å²) in [6.45, 7) is 0.681. The maximum atomic E-state index is 12.3. The van der Waals surface area contributed by atoms with Gasteiger partial charge in [-0.2, -0.15) is 0 Å². The Bertz CT molecular complexity index is 891. The molecule has 0 saturated carbocycles. The van der Waals surface area contributed by atoms with Gasteiger partial charge in [0.05, 0.1) is 14.2 Å². The standard InChI is InChI=1S/C24H31N3O6/c1-31-22-19(12-9-15-25-22)16-20(23(29)32-2)27-21(28)13-7-4-8-14-26-24(30)33-17-18-10-5-3-6-11-18/h3,5-6,9-12,15,20H,4,7-8,13-14,16-17H2,1-2H3,(H,26,30)(H,27,28)/t20-/m1/s1. The van der Waals surface area contributed by atoms with Gasteiger partial charge in [-0.25, -0.2) is 14.6 Å². The van der Waals surface area contributed by atoms with E-state index < -0.39 is 18.1 Å². The minimum absolute atomic E-state index is 0.213. The van der Waals surface area contributed by atoms with Crippen molar-refractivity contribution in [1.29, 1.82) is 0 Å². The number of unbranched alkanes of at least 4 members (excludes halogenated alkanes) is 2. The smallest absolute Gasteiger partial charge is 0.407 e. The number of carbonyl (C=O) groups excluding carboxylic acids is 3. The van der Waals surface area contributed by atoms with Crippen LogP contribution < -0.4 is 15.4 Å². The van der Waals surface area contributed by atoms with Gasteiger partial charge in [-0.05, 0) is 24.5 Å². The molecule has 0 aliphatic heterocycles. The third-order valence-corrected chi connectivity index (χ3v) is 4.85. The minimum Gasteiger partial charge on any atom is -0.481 e. The Morgan fingerprint density at radius 1 is 1.00 bits per heavy atom. The number of alkyl carbamates (subject to hydrolysis) is 1. The van der Waals surface area contributed by atoms with Crippen LogP contribution in [0.25, 0.3) is 0 Å². The van der Waals surface area contributed by atoms with Gasteiger partial charge >= 0.3 is 12.1 Å². The molecule has 2 aromatic rings. The molecule has 0 spiro atoms. The molecule has 0 aliphatic rings. The second-order valence-electron chi connectivity index (χ2n) is 7.32. The summed E-state index contributed by atoms with van der Waals surface area (Å²) >= 11 is 0. The maximum absolute atomic E-state index is 12.3. The average molecular weight is 458 g/mol. The highest BCUT2D eigenvalue weighted by Gasteiger charge is 2.23. The van der Waals surface area contributed by atoms with E-state index in [0.717, 1.165) is 12.0 Å². The lowest BCUT2D eigenvalue weighted by atomic mass is 10.1. The Hall–Kier alpha value is -3.62. The fourth-order valence-corrected chi connectivity index (χ4v) is 3.14. The van der Waals surface area contributed by atoms with E-state index in [1.807, 2.05) is 30.3 Å². The van der Waals surface area contributed by atoms with Crippen molar-refractivity contribution in [1.82, 2.24) is 15.6 Å². The molecule has 0 unspecified atom stereocenters. The van der Waals surface area contributed by atoms with Crippen molar-refractivity contribution >= 4 is 18.0 Å². The number of nitrogens with zero attached hydrogens (tertiary/aromatic N) is 1. The van der Waals surface area contributed by atoms with Crippen LogP contribution in [0.1, 0.15) is 36.8 Å². The second-order valence-corrected chi connectivity index (χ2v) is 7.32. The molecule has 2 amide bonds. The van der Waals surface area contributed by atoms with Gasteiger partial charge in [0, 0.05) is 31.1 Å². The fraction of sp³-hybridized carbons (Fsp3) is 0.417. The number of hydrogen-bond acceptors (Lipinski definition) is 7. The summed E-state index contributed by atoms with van der Waals surface area (Å²) in [7, 11) is 2.77. The number of esters is 1. The average Bonchev–Trinajstić information content (AvgIpc) is 2.84. The van der Waals surface area contributed by atoms with Crippen LogP contribution in [-0.2, 0) is 32.1 Å². The Morgan fingerprint density at radius 3 is 2.52 bits per heavy atom. The molecular weight excluding hydrogens is 426 g/mol. The molecule has 2 N–H and O–H groups in total. The largest absolute Gasteiger partial charge is 0.481 e. The number of benzene rings is 1. The lowest BCUT2D eigenvalue weighted by molar-refractivity contribution is -0.145. The van der Waals surface area contributed by atoms with Gasteiger partial charge in [0.2, 0.25) is 11.8 Å². The highest BCUT2D eigenvalue weighted by Crippen LogP contribution is 2.16. The van der Waals surface area contributed by atoms with Crippen LogP contribution in [0.3, 0.4) is 0 Å². The molecule has 0 bridgehead atoms. The zero-order chi connectivity index (χ0) is 23.9. The number of carbonyl (C=O) groups is 3. The lowest BCUT2D eigenvalue weighted by Crippen LogP contribution is -2.43.